The maximum absolute atomic E-state index is 12.9. The molecule has 4 rings (SSSR count). The number of hydrogen-bond donors (Lipinski definition) is 1. The molecule has 0 saturated carbocycles. The summed E-state index contributed by atoms with van der Waals surface area (Å²) >= 11 is 1.56. The zero-order valence-corrected chi connectivity index (χ0v) is 19.5. The summed E-state index contributed by atoms with van der Waals surface area (Å²) in [7, 11) is -1.68. The zero-order valence-electron chi connectivity index (χ0n) is 17.8. The van der Waals surface area contributed by atoms with Crippen LogP contribution in [0.1, 0.15) is 16.3 Å². The molecule has 33 heavy (non-hydrogen) atoms. The number of nitrogens with zero attached hydrogens (tertiary/aromatic N) is 4. The van der Waals surface area contributed by atoms with Gasteiger partial charge in [-0.05, 0) is 13.0 Å². The number of alkyl halides is 3. The van der Waals surface area contributed by atoms with Crippen molar-refractivity contribution in [2.24, 2.45) is 5.92 Å². The molecule has 14 heteroatoms. The smallest absolute Gasteiger partial charge is 0.481 e. The predicted molar refractivity (Wildman–Crippen MR) is 113 cm³/mol. The fraction of sp³-hybridized carbons (Fsp3) is 0.526. The first-order chi connectivity index (χ1) is 15.4. The average molecular weight is 509 g/mol. The number of aliphatic carboxylic acids is 1. The second-order valence-corrected chi connectivity index (χ2v) is 10.9. The number of hydrogen-bond acceptors (Lipinski definition) is 8. The highest BCUT2D eigenvalue weighted by atomic mass is 32.2. The first-order valence-corrected chi connectivity index (χ1v) is 12.2. The molecule has 2 saturated heterocycles. The molecule has 2 aromatic heterocycles. The van der Waals surface area contributed by atoms with E-state index in [9.17, 15) is 21.6 Å². The monoisotopic (exact) mass is 508 g/mol. The number of methoxy groups -OCH3 is 1. The van der Waals surface area contributed by atoms with Crippen LogP contribution in [0.25, 0.3) is 0 Å². The van der Waals surface area contributed by atoms with E-state index >= 15 is 0 Å². The SMILES string of the molecule is COc1ncccc1CN1CC2CN(Cc3csc(C)n3)S(=O)(=O)C2C1.O=C(O)C(F)(F)F. The van der Waals surface area contributed by atoms with Gasteiger partial charge in [-0.2, -0.15) is 17.5 Å². The summed E-state index contributed by atoms with van der Waals surface area (Å²) in [5.74, 6) is -2.01. The number of likely N-dealkylation sites (tertiary alicyclic amines) is 1. The van der Waals surface area contributed by atoms with Gasteiger partial charge in [0.1, 0.15) is 0 Å². The standard InChI is InChI=1S/C17H22N4O3S2.C2HF3O2/c1-12-19-15(11-25-12)9-21-8-14-7-20(10-16(14)26(21,22)23)6-13-4-3-5-18-17(13)24-2;3-2(4,5)1(6)7/h3-5,11,14,16H,6-10H2,1-2H3;(H,6,7). The van der Waals surface area contributed by atoms with Crippen LogP contribution in [0.5, 0.6) is 5.88 Å². The Morgan fingerprint density at radius 1 is 1.30 bits per heavy atom. The minimum absolute atomic E-state index is 0.141. The van der Waals surface area contributed by atoms with Gasteiger partial charge in [-0.15, -0.1) is 11.3 Å². The van der Waals surface area contributed by atoms with Crippen LogP contribution in [0.15, 0.2) is 23.7 Å². The van der Waals surface area contributed by atoms with Crippen LogP contribution in [-0.2, 0) is 27.9 Å². The summed E-state index contributed by atoms with van der Waals surface area (Å²) < 4.78 is 64.5. The van der Waals surface area contributed by atoms with E-state index in [1.807, 2.05) is 24.4 Å². The highest BCUT2D eigenvalue weighted by Gasteiger charge is 2.51. The van der Waals surface area contributed by atoms with Crippen LogP contribution >= 0.6 is 11.3 Å². The highest BCUT2D eigenvalue weighted by molar-refractivity contribution is 7.90. The fourth-order valence-corrected chi connectivity index (χ4v) is 6.67. The summed E-state index contributed by atoms with van der Waals surface area (Å²) in [6.07, 6.45) is -3.39. The average Bonchev–Trinajstić information content (AvgIpc) is 3.39. The first-order valence-electron chi connectivity index (χ1n) is 9.82. The van der Waals surface area contributed by atoms with Crippen LogP contribution in [0.2, 0.25) is 0 Å². The van der Waals surface area contributed by atoms with E-state index in [2.05, 4.69) is 14.9 Å². The van der Waals surface area contributed by atoms with Crippen molar-refractivity contribution in [2.45, 2.75) is 31.4 Å². The van der Waals surface area contributed by atoms with Gasteiger partial charge in [0.2, 0.25) is 15.9 Å². The van der Waals surface area contributed by atoms with Crippen molar-refractivity contribution < 1.29 is 36.2 Å². The molecule has 9 nitrogen and oxygen atoms in total. The van der Waals surface area contributed by atoms with Gasteiger partial charge in [-0.25, -0.2) is 23.2 Å². The van der Waals surface area contributed by atoms with E-state index in [4.69, 9.17) is 14.6 Å². The van der Waals surface area contributed by atoms with Gasteiger partial charge < -0.3 is 9.84 Å². The molecule has 2 aliphatic rings. The number of aromatic nitrogens is 2. The minimum atomic E-state index is -5.08. The number of halogens is 3. The Balaban J connectivity index is 0.000000383. The zero-order chi connectivity index (χ0) is 24.4. The third kappa shape index (κ3) is 5.99. The van der Waals surface area contributed by atoms with Gasteiger partial charge in [0.25, 0.3) is 0 Å². The number of aryl methyl sites for hydroxylation is 1. The van der Waals surface area contributed by atoms with Crippen molar-refractivity contribution in [3.05, 3.63) is 40.0 Å². The van der Waals surface area contributed by atoms with Gasteiger partial charge in [0.05, 0.1) is 29.6 Å². The number of rotatable bonds is 5. The van der Waals surface area contributed by atoms with Crippen molar-refractivity contribution in [1.82, 2.24) is 19.2 Å². The highest BCUT2D eigenvalue weighted by Crippen LogP contribution is 2.35. The Labute approximate surface area is 192 Å². The number of fused-ring (bicyclic) bond motifs is 1. The van der Waals surface area contributed by atoms with Crippen LogP contribution in [-0.4, -0.2) is 76.8 Å². The molecule has 2 aromatic rings. The van der Waals surface area contributed by atoms with Crippen molar-refractivity contribution >= 4 is 27.3 Å². The molecule has 0 amide bonds. The number of pyridine rings is 1. The summed E-state index contributed by atoms with van der Waals surface area (Å²) in [4.78, 5) is 19.7. The van der Waals surface area contributed by atoms with Crippen LogP contribution in [0.4, 0.5) is 13.2 Å². The molecule has 2 atom stereocenters. The molecule has 0 spiro atoms. The summed E-state index contributed by atoms with van der Waals surface area (Å²) in [6, 6.07) is 3.86. The van der Waals surface area contributed by atoms with Crippen LogP contribution in [0.3, 0.4) is 0 Å². The molecular formula is C19H23F3N4O5S2. The summed E-state index contributed by atoms with van der Waals surface area (Å²) in [5, 5.41) is 9.71. The fourth-order valence-electron chi connectivity index (χ4n) is 3.91. The molecule has 0 aliphatic carbocycles. The number of thiazole rings is 1. The van der Waals surface area contributed by atoms with Crippen molar-refractivity contribution in [2.75, 3.05) is 26.7 Å². The van der Waals surface area contributed by atoms with Crippen molar-refractivity contribution in [3.63, 3.8) is 0 Å². The predicted octanol–water partition coefficient (Wildman–Crippen LogP) is 2.13. The molecule has 2 aliphatic heterocycles. The molecule has 0 aromatic carbocycles. The lowest BCUT2D eigenvalue weighted by Gasteiger charge is -2.21. The summed E-state index contributed by atoms with van der Waals surface area (Å²) in [5.41, 5.74) is 1.83. The number of ether oxygens (including phenoxy) is 1. The normalized spacial score (nSPS) is 22.5. The minimum Gasteiger partial charge on any atom is -0.481 e. The number of carboxylic acids is 1. The topological polar surface area (TPSA) is 113 Å². The van der Waals surface area contributed by atoms with Gasteiger partial charge in [0, 0.05) is 49.2 Å². The molecule has 0 bridgehead atoms. The molecule has 4 heterocycles. The Morgan fingerprint density at radius 2 is 2.00 bits per heavy atom. The maximum Gasteiger partial charge on any atom is 0.490 e. The second kappa shape index (κ2) is 9.91. The molecule has 0 radical (unpaired) electrons. The van der Waals surface area contributed by atoms with E-state index in [0.29, 0.717) is 32.1 Å². The van der Waals surface area contributed by atoms with Crippen molar-refractivity contribution in [1.29, 1.82) is 0 Å². The van der Waals surface area contributed by atoms with E-state index in [-0.39, 0.29) is 11.2 Å². The van der Waals surface area contributed by atoms with E-state index in [1.165, 1.54) is 0 Å². The quantitative estimate of drug-likeness (QED) is 0.654. The Morgan fingerprint density at radius 3 is 2.55 bits per heavy atom. The van der Waals surface area contributed by atoms with Gasteiger partial charge >= 0.3 is 12.1 Å². The van der Waals surface area contributed by atoms with E-state index in [0.717, 1.165) is 22.8 Å². The molecule has 1 N–H and O–H groups in total. The van der Waals surface area contributed by atoms with Crippen LogP contribution < -0.4 is 4.74 Å². The lowest BCUT2D eigenvalue weighted by molar-refractivity contribution is -0.192. The number of carboxylic acid groups (broad SMARTS) is 1. The lowest BCUT2D eigenvalue weighted by atomic mass is 10.1. The van der Waals surface area contributed by atoms with E-state index in [1.54, 1.807) is 28.9 Å². The molecule has 2 fully saturated rings. The third-order valence-corrected chi connectivity index (χ3v) is 8.44. The third-order valence-electron chi connectivity index (χ3n) is 5.32. The second-order valence-electron chi connectivity index (χ2n) is 7.66. The first kappa shape index (κ1) is 25.3. The lowest BCUT2D eigenvalue weighted by Crippen LogP contribution is -2.34. The Kier molecular flexibility index (Phi) is 7.61. The maximum atomic E-state index is 12.9. The van der Waals surface area contributed by atoms with Gasteiger partial charge in [-0.3, -0.25) is 4.90 Å². The summed E-state index contributed by atoms with van der Waals surface area (Å²) in [6.45, 7) is 4.88. The van der Waals surface area contributed by atoms with Crippen LogP contribution in [0, 0.1) is 12.8 Å². The van der Waals surface area contributed by atoms with E-state index < -0.39 is 22.2 Å². The molecule has 182 valence electrons. The largest absolute Gasteiger partial charge is 0.490 e. The number of carbonyl (C=O) groups is 1. The Bertz CT molecular complexity index is 1090. The van der Waals surface area contributed by atoms with Gasteiger partial charge in [0.15, 0.2) is 0 Å². The molecular weight excluding hydrogens is 485 g/mol. The van der Waals surface area contributed by atoms with Crippen molar-refractivity contribution in [3.8, 4) is 5.88 Å². The molecule has 2 unspecified atom stereocenters. The van der Waals surface area contributed by atoms with Gasteiger partial charge in [-0.1, -0.05) is 6.07 Å². The Hall–Kier alpha value is -2.29. The number of sulfonamides is 1.